The molecule has 0 saturated carbocycles. The fourth-order valence-electron chi connectivity index (χ4n) is 2.17. The average molecular weight is 387 g/mol. The van der Waals surface area contributed by atoms with Crippen molar-refractivity contribution in [2.75, 3.05) is 5.75 Å². The number of rotatable bonds is 5. The molecule has 0 unspecified atom stereocenters. The Morgan fingerprint density at radius 1 is 1.39 bits per heavy atom. The zero-order valence-corrected chi connectivity index (χ0v) is 15.2. The van der Waals surface area contributed by atoms with E-state index < -0.39 is 5.91 Å². The van der Waals surface area contributed by atoms with Crippen molar-refractivity contribution in [3.63, 3.8) is 0 Å². The van der Waals surface area contributed by atoms with E-state index in [2.05, 4.69) is 10.2 Å². The van der Waals surface area contributed by atoms with Gasteiger partial charge in [-0.25, -0.2) is 0 Å². The van der Waals surface area contributed by atoms with Crippen molar-refractivity contribution in [1.29, 1.82) is 0 Å². The largest absolute Gasteiger partial charge is 0.369 e. The molecular weight excluding hydrogens is 375 g/mol. The smallest absolute Gasteiger partial charge is 0.227 e. The molecule has 0 saturated heterocycles. The third kappa shape index (κ3) is 3.19. The molecular formula is C14H12Cl2N4OS2. The summed E-state index contributed by atoms with van der Waals surface area (Å²) in [6.07, 6.45) is 0. The molecule has 0 aliphatic rings. The third-order valence-electron chi connectivity index (χ3n) is 3.17. The van der Waals surface area contributed by atoms with Crippen LogP contribution in [0.25, 0.3) is 20.8 Å². The second kappa shape index (κ2) is 6.68. The van der Waals surface area contributed by atoms with Gasteiger partial charge in [-0.05, 0) is 19.1 Å². The quantitative estimate of drug-likeness (QED) is 0.670. The van der Waals surface area contributed by atoms with Gasteiger partial charge < -0.3 is 10.3 Å². The molecule has 0 aliphatic carbocycles. The summed E-state index contributed by atoms with van der Waals surface area (Å²) in [5.41, 5.74) is 5.19. The molecule has 23 heavy (non-hydrogen) atoms. The lowest BCUT2D eigenvalue weighted by Gasteiger charge is -2.05. The topological polar surface area (TPSA) is 73.8 Å². The first kappa shape index (κ1) is 16.6. The summed E-state index contributed by atoms with van der Waals surface area (Å²) in [4.78, 5) is 11.8. The molecule has 1 aromatic carbocycles. The number of hydrogen-bond donors (Lipinski definition) is 1. The molecule has 0 aliphatic heterocycles. The predicted octanol–water partition coefficient (Wildman–Crippen LogP) is 4.06. The van der Waals surface area contributed by atoms with Crippen LogP contribution in [0.2, 0.25) is 10.0 Å². The van der Waals surface area contributed by atoms with E-state index in [4.69, 9.17) is 28.9 Å². The lowest BCUT2D eigenvalue weighted by atomic mass is 10.2. The van der Waals surface area contributed by atoms with Gasteiger partial charge in [0.25, 0.3) is 0 Å². The standard InChI is InChI=1S/C14H12Cl2N4OS2/c1-2-20-13(18-19-14(20)22-6-10(17)21)12-11(16)8-4-3-7(15)5-9(8)23-12/h3-5H,2,6H2,1H3,(H2,17,21). The second-order valence-electron chi connectivity index (χ2n) is 4.69. The number of hydrogen-bond acceptors (Lipinski definition) is 5. The first-order valence-electron chi connectivity index (χ1n) is 6.73. The zero-order valence-electron chi connectivity index (χ0n) is 12.0. The van der Waals surface area contributed by atoms with Crippen molar-refractivity contribution in [2.24, 2.45) is 5.73 Å². The molecule has 120 valence electrons. The van der Waals surface area contributed by atoms with E-state index in [1.807, 2.05) is 29.7 Å². The summed E-state index contributed by atoms with van der Waals surface area (Å²) in [6, 6.07) is 5.59. The minimum atomic E-state index is -0.392. The maximum absolute atomic E-state index is 11.0. The molecule has 0 spiro atoms. The van der Waals surface area contributed by atoms with Crippen LogP contribution in [-0.2, 0) is 11.3 Å². The highest BCUT2D eigenvalue weighted by Crippen LogP contribution is 2.42. The number of halogens is 2. The van der Waals surface area contributed by atoms with Gasteiger partial charge in [0, 0.05) is 21.7 Å². The molecule has 1 amide bonds. The summed E-state index contributed by atoms with van der Waals surface area (Å²) in [5, 5.41) is 11.3. The van der Waals surface area contributed by atoms with Gasteiger partial charge in [0.2, 0.25) is 5.91 Å². The van der Waals surface area contributed by atoms with Crippen LogP contribution in [0.5, 0.6) is 0 Å². The number of aromatic nitrogens is 3. The Balaban J connectivity index is 2.08. The number of primary amides is 1. The first-order chi connectivity index (χ1) is 11.0. The zero-order chi connectivity index (χ0) is 16.6. The van der Waals surface area contributed by atoms with Crippen molar-refractivity contribution in [3.05, 3.63) is 28.2 Å². The Kier molecular flexibility index (Phi) is 4.82. The molecule has 9 heteroatoms. The van der Waals surface area contributed by atoms with Gasteiger partial charge in [-0.2, -0.15) is 0 Å². The van der Waals surface area contributed by atoms with Gasteiger partial charge in [-0.3, -0.25) is 4.79 Å². The summed E-state index contributed by atoms with van der Waals surface area (Å²) in [6.45, 7) is 2.65. The van der Waals surface area contributed by atoms with E-state index in [1.54, 1.807) is 0 Å². The lowest BCUT2D eigenvalue weighted by molar-refractivity contribution is -0.115. The number of fused-ring (bicyclic) bond motifs is 1. The third-order valence-corrected chi connectivity index (χ3v) is 6.05. The highest BCUT2D eigenvalue weighted by Gasteiger charge is 2.20. The number of nitrogens with zero attached hydrogens (tertiary/aromatic N) is 3. The predicted molar refractivity (Wildman–Crippen MR) is 96.5 cm³/mol. The van der Waals surface area contributed by atoms with Crippen LogP contribution in [0.1, 0.15) is 6.92 Å². The Morgan fingerprint density at radius 3 is 2.87 bits per heavy atom. The van der Waals surface area contributed by atoms with Gasteiger partial charge >= 0.3 is 0 Å². The van der Waals surface area contributed by atoms with Gasteiger partial charge in [0.05, 0.1) is 15.7 Å². The average Bonchev–Trinajstić information content (AvgIpc) is 3.05. The summed E-state index contributed by atoms with van der Waals surface area (Å²) in [7, 11) is 0. The second-order valence-corrected chi connectivity index (χ2v) is 7.50. The van der Waals surface area contributed by atoms with Gasteiger partial charge in [0.15, 0.2) is 11.0 Å². The van der Waals surface area contributed by atoms with Crippen molar-refractivity contribution >= 4 is 62.3 Å². The Hall–Kier alpha value is -1.28. The van der Waals surface area contributed by atoms with Crippen molar-refractivity contribution in [3.8, 4) is 10.7 Å². The summed E-state index contributed by atoms with van der Waals surface area (Å²) in [5.74, 6) is 0.451. The fraction of sp³-hybridized carbons (Fsp3) is 0.214. The van der Waals surface area contributed by atoms with Gasteiger partial charge in [-0.15, -0.1) is 21.5 Å². The summed E-state index contributed by atoms with van der Waals surface area (Å²) >= 11 is 15.3. The van der Waals surface area contributed by atoms with Crippen LogP contribution in [0.4, 0.5) is 0 Å². The van der Waals surface area contributed by atoms with Gasteiger partial charge in [-0.1, -0.05) is 41.0 Å². The SMILES string of the molecule is CCn1c(SCC(N)=O)nnc1-c1sc2cc(Cl)ccc2c1Cl. The molecule has 3 rings (SSSR count). The number of amides is 1. The van der Waals surface area contributed by atoms with Crippen LogP contribution in [0.3, 0.4) is 0 Å². The lowest BCUT2D eigenvalue weighted by Crippen LogP contribution is -2.13. The molecule has 2 aromatic heterocycles. The minimum absolute atomic E-state index is 0.161. The van der Waals surface area contributed by atoms with Crippen LogP contribution in [0.15, 0.2) is 23.4 Å². The number of carbonyl (C=O) groups excluding carboxylic acids is 1. The first-order valence-corrected chi connectivity index (χ1v) is 9.29. The van der Waals surface area contributed by atoms with Crippen LogP contribution in [-0.4, -0.2) is 26.4 Å². The van der Waals surface area contributed by atoms with E-state index >= 15 is 0 Å². The number of nitrogens with two attached hydrogens (primary N) is 1. The Labute approximate surface area is 150 Å². The van der Waals surface area contributed by atoms with E-state index in [0.717, 1.165) is 15.0 Å². The maximum Gasteiger partial charge on any atom is 0.227 e. The molecule has 0 atom stereocenters. The van der Waals surface area contributed by atoms with E-state index in [9.17, 15) is 4.79 Å². The Morgan fingerprint density at radius 2 is 2.17 bits per heavy atom. The molecule has 2 heterocycles. The molecule has 2 N–H and O–H groups in total. The van der Waals surface area contributed by atoms with E-state index in [-0.39, 0.29) is 5.75 Å². The van der Waals surface area contributed by atoms with E-state index in [0.29, 0.717) is 27.6 Å². The monoisotopic (exact) mass is 386 g/mol. The number of carbonyl (C=O) groups is 1. The molecule has 0 radical (unpaired) electrons. The van der Waals surface area contributed by atoms with Crippen LogP contribution >= 0.6 is 46.3 Å². The number of benzene rings is 1. The highest BCUT2D eigenvalue weighted by molar-refractivity contribution is 7.99. The highest BCUT2D eigenvalue weighted by atomic mass is 35.5. The van der Waals surface area contributed by atoms with Crippen molar-refractivity contribution in [2.45, 2.75) is 18.6 Å². The normalized spacial score (nSPS) is 11.3. The number of thioether (sulfide) groups is 1. The fourth-order valence-corrected chi connectivity index (χ4v) is 4.69. The molecule has 0 fully saturated rings. The van der Waals surface area contributed by atoms with Crippen molar-refractivity contribution < 1.29 is 4.79 Å². The Bertz CT molecular complexity index is 890. The maximum atomic E-state index is 11.0. The summed E-state index contributed by atoms with van der Waals surface area (Å²) < 4.78 is 2.92. The minimum Gasteiger partial charge on any atom is -0.369 e. The van der Waals surface area contributed by atoms with Crippen molar-refractivity contribution in [1.82, 2.24) is 14.8 Å². The molecule has 5 nitrogen and oxygen atoms in total. The van der Waals surface area contributed by atoms with Gasteiger partial charge in [0.1, 0.15) is 0 Å². The van der Waals surface area contributed by atoms with Crippen LogP contribution < -0.4 is 5.73 Å². The molecule has 3 aromatic rings. The van der Waals surface area contributed by atoms with E-state index in [1.165, 1.54) is 23.1 Å². The number of thiophene rings is 1. The molecule has 0 bridgehead atoms. The van der Waals surface area contributed by atoms with Crippen LogP contribution in [0, 0.1) is 0 Å².